The topological polar surface area (TPSA) is 153 Å². The van der Waals surface area contributed by atoms with Gasteiger partial charge in [0.15, 0.2) is 0 Å². The molecule has 0 radical (unpaired) electrons. The van der Waals surface area contributed by atoms with Crippen LogP contribution in [0, 0.1) is 19.3 Å². The van der Waals surface area contributed by atoms with Crippen LogP contribution >= 0.6 is 0 Å². The zero-order valence-electron chi connectivity index (χ0n) is 20.2. The Labute approximate surface area is 212 Å². The van der Waals surface area contributed by atoms with Gasteiger partial charge >= 0.3 is 11.9 Å². The highest BCUT2D eigenvalue weighted by Gasteiger charge is 2.29. The second-order valence-corrected chi connectivity index (χ2v) is 8.95. The molecule has 0 unspecified atom stereocenters. The Hall–Kier alpha value is -4.65. The molecule has 3 aromatic rings. The number of hydrogen-bond donors (Lipinski definition) is 4. The standard InChI is InChI=1S/C27H26N4O6/c1-3-12-31(23-10-6-17-13-22-20(14-19(17)23)26(35)29-15(2)28-22)18-7-4-16(5-8-18)25(34)30-21(27(36)37)9-11-24(32)33/h1,4-5,7-8,13-14,21,23H,6,9-12H2,2H3,(H,30,34)(H,32,33)(H,36,37)(H,28,29,35)/t21-,23-/m0/s1. The Kier molecular flexibility index (Phi) is 7.25. The molecule has 10 heteroatoms. The number of nitrogens with zero attached hydrogens (tertiary/aromatic N) is 2. The number of H-pyrrole nitrogens is 1. The number of carbonyl (C=O) groups is 3. The third-order valence-corrected chi connectivity index (χ3v) is 6.48. The summed E-state index contributed by atoms with van der Waals surface area (Å²) in [6, 6.07) is 9.04. The number of amides is 1. The molecule has 1 amide bonds. The van der Waals surface area contributed by atoms with Crippen LogP contribution < -0.4 is 15.8 Å². The van der Waals surface area contributed by atoms with E-state index >= 15 is 0 Å². The Bertz CT molecular complexity index is 1470. The van der Waals surface area contributed by atoms with Crippen LogP contribution in [0.2, 0.25) is 0 Å². The number of nitrogens with one attached hydrogen (secondary N) is 2. The third-order valence-electron chi connectivity index (χ3n) is 6.48. The van der Waals surface area contributed by atoms with Crippen molar-refractivity contribution < 1.29 is 24.6 Å². The Morgan fingerprint density at radius 2 is 1.97 bits per heavy atom. The van der Waals surface area contributed by atoms with Gasteiger partial charge in [0, 0.05) is 17.7 Å². The summed E-state index contributed by atoms with van der Waals surface area (Å²) in [5.41, 5.74) is 3.57. The van der Waals surface area contributed by atoms with E-state index in [1.807, 2.05) is 17.0 Å². The van der Waals surface area contributed by atoms with Crippen LogP contribution in [0.1, 0.15) is 52.6 Å². The summed E-state index contributed by atoms with van der Waals surface area (Å²) in [6.45, 7) is 2.04. The molecule has 4 N–H and O–H groups in total. The van der Waals surface area contributed by atoms with E-state index in [9.17, 15) is 24.3 Å². The van der Waals surface area contributed by atoms with Crippen molar-refractivity contribution in [2.45, 2.75) is 44.7 Å². The first-order chi connectivity index (χ1) is 17.7. The maximum absolute atomic E-state index is 12.6. The molecule has 1 aromatic heterocycles. The summed E-state index contributed by atoms with van der Waals surface area (Å²) in [6.07, 6.45) is 6.67. The van der Waals surface area contributed by atoms with Crippen molar-refractivity contribution in [1.29, 1.82) is 0 Å². The second-order valence-electron chi connectivity index (χ2n) is 8.95. The minimum absolute atomic E-state index is 0.0803. The van der Waals surface area contributed by atoms with Gasteiger partial charge < -0.3 is 25.4 Å². The molecule has 2 aromatic carbocycles. The summed E-state index contributed by atoms with van der Waals surface area (Å²) in [5.74, 6) is 0.176. The molecule has 0 saturated carbocycles. The number of carboxylic acids is 2. The molecule has 4 rings (SSSR count). The van der Waals surface area contributed by atoms with Crippen molar-refractivity contribution >= 4 is 34.4 Å². The number of rotatable bonds is 9. The monoisotopic (exact) mass is 502 g/mol. The highest BCUT2D eigenvalue weighted by Crippen LogP contribution is 2.39. The summed E-state index contributed by atoms with van der Waals surface area (Å²) >= 11 is 0. The zero-order chi connectivity index (χ0) is 26.7. The molecular weight excluding hydrogens is 476 g/mol. The van der Waals surface area contributed by atoms with Gasteiger partial charge in [-0.3, -0.25) is 14.4 Å². The zero-order valence-corrected chi connectivity index (χ0v) is 20.2. The van der Waals surface area contributed by atoms with Gasteiger partial charge in [-0.05, 0) is 73.7 Å². The number of aryl methyl sites for hydroxylation is 2. The number of terminal acetylenes is 1. The first-order valence-corrected chi connectivity index (χ1v) is 11.8. The number of carboxylic acid groups (broad SMARTS) is 2. The molecule has 1 aliphatic rings. The van der Waals surface area contributed by atoms with E-state index in [1.54, 1.807) is 31.2 Å². The van der Waals surface area contributed by atoms with Crippen molar-refractivity contribution in [1.82, 2.24) is 15.3 Å². The number of carbonyl (C=O) groups excluding carboxylic acids is 1. The molecule has 0 bridgehead atoms. The van der Waals surface area contributed by atoms with Gasteiger partial charge in [0.25, 0.3) is 11.5 Å². The average molecular weight is 503 g/mol. The summed E-state index contributed by atoms with van der Waals surface area (Å²) in [4.78, 5) is 56.5. The van der Waals surface area contributed by atoms with Gasteiger partial charge in [0.05, 0.1) is 23.5 Å². The van der Waals surface area contributed by atoms with Gasteiger partial charge in [-0.25, -0.2) is 9.78 Å². The number of aromatic amines is 1. The lowest BCUT2D eigenvalue weighted by Crippen LogP contribution is -2.41. The molecule has 1 aliphatic carbocycles. The van der Waals surface area contributed by atoms with E-state index in [0.29, 0.717) is 23.3 Å². The van der Waals surface area contributed by atoms with Gasteiger partial charge in [-0.1, -0.05) is 5.92 Å². The fraction of sp³-hybridized carbons (Fsp3) is 0.296. The Balaban J connectivity index is 1.58. The van der Waals surface area contributed by atoms with Crippen LogP contribution in [0.15, 0.2) is 41.2 Å². The van der Waals surface area contributed by atoms with Crippen LogP contribution in [0.5, 0.6) is 0 Å². The normalized spacial score (nSPS) is 15.0. The number of anilines is 1. The summed E-state index contributed by atoms with van der Waals surface area (Å²) in [5, 5.41) is 21.0. The molecule has 37 heavy (non-hydrogen) atoms. The van der Waals surface area contributed by atoms with Crippen LogP contribution in [0.25, 0.3) is 10.9 Å². The SMILES string of the molecule is C#CCN(c1ccc(C(=O)N[C@@H](CCC(=O)O)C(=O)O)cc1)[C@H]1CCc2cc3nc(C)[nH]c(=O)c3cc21. The van der Waals surface area contributed by atoms with Crippen LogP contribution in [-0.2, 0) is 16.0 Å². The molecule has 0 spiro atoms. The van der Waals surface area contributed by atoms with Gasteiger partial charge in [0.1, 0.15) is 11.9 Å². The van der Waals surface area contributed by atoms with E-state index in [4.69, 9.17) is 11.5 Å². The molecule has 1 heterocycles. The number of fused-ring (bicyclic) bond motifs is 2. The third kappa shape index (κ3) is 5.46. The summed E-state index contributed by atoms with van der Waals surface area (Å²) in [7, 11) is 0. The molecule has 0 aliphatic heterocycles. The van der Waals surface area contributed by atoms with Gasteiger partial charge in [-0.15, -0.1) is 6.42 Å². The van der Waals surface area contributed by atoms with E-state index in [-0.39, 0.29) is 30.0 Å². The molecule has 2 atom stereocenters. The lowest BCUT2D eigenvalue weighted by atomic mass is 10.0. The predicted molar refractivity (Wildman–Crippen MR) is 137 cm³/mol. The molecule has 10 nitrogen and oxygen atoms in total. The highest BCUT2D eigenvalue weighted by molar-refractivity contribution is 5.97. The Morgan fingerprint density at radius 3 is 2.62 bits per heavy atom. The van der Waals surface area contributed by atoms with Crippen molar-refractivity contribution in [2.24, 2.45) is 0 Å². The number of aromatic nitrogens is 2. The largest absolute Gasteiger partial charge is 0.481 e. The fourth-order valence-electron chi connectivity index (χ4n) is 4.71. The van der Waals surface area contributed by atoms with E-state index < -0.39 is 23.9 Å². The number of benzene rings is 2. The minimum Gasteiger partial charge on any atom is -0.481 e. The lowest BCUT2D eigenvalue weighted by Gasteiger charge is -2.30. The van der Waals surface area contributed by atoms with E-state index in [2.05, 4.69) is 21.2 Å². The predicted octanol–water partition coefficient (Wildman–Crippen LogP) is 2.41. The molecule has 190 valence electrons. The maximum Gasteiger partial charge on any atom is 0.326 e. The van der Waals surface area contributed by atoms with Gasteiger partial charge in [-0.2, -0.15) is 0 Å². The quantitative estimate of drug-likeness (QED) is 0.326. The lowest BCUT2D eigenvalue weighted by molar-refractivity contribution is -0.140. The highest BCUT2D eigenvalue weighted by atomic mass is 16.4. The van der Waals surface area contributed by atoms with Gasteiger partial charge in [0.2, 0.25) is 0 Å². The number of hydrogen-bond acceptors (Lipinski definition) is 6. The van der Waals surface area contributed by atoms with E-state index in [0.717, 1.165) is 29.7 Å². The first-order valence-electron chi connectivity index (χ1n) is 11.8. The van der Waals surface area contributed by atoms with Crippen molar-refractivity contribution in [3.63, 3.8) is 0 Å². The minimum atomic E-state index is -1.31. The van der Waals surface area contributed by atoms with Crippen molar-refractivity contribution in [3.05, 3.63) is 69.3 Å². The van der Waals surface area contributed by atoms with Crippen LogP contribution in [-0.4, -0.2) is 50.6 Å². The maximum atomic E-state index is 12.6. The van der Waals surface area contributed by atoms with Crippen LogP contribution in [0.4, 0.5) is 5.69 Å². The van der Waals surface area contributed by atoms with Crippen molar-refractivity contribution in [3.8, 4) is 12.3 Å². The summed E-state index contributed by atoms with van der Waals surface area (Å²) < 4.78 is 0. The first kappa shape index (κ1) is 25.4. The molecule has 0 saturated heterocycles. The second kappa shape index (κ2) is 10.5. The molecular formula is C27H26N4O6. The average Bonchev–Trinajstić information content (AvgIpc) is 3.26. The van der Waals surface area contributed by atoms with Crippen LogP contribution in [0.3, 0.4) is 0 Å². The fourth-order valence-corrected chi connectivity index (χ4v) is 4.71. The smallest absolute Gasteiger partial charge is 0.326 e. The van der Waals surface area contributed by atoms with Crippen molar-refractivity contribution in [2.75, 3.05) is 11.4 Å². The number of aliphatic carboxylic acids is 2. The van der Waals surface area contributed by atoms with E-state index in [1.165, 1.54) is 0 Å². The molecule has 0 fully saturated rings. The Morgan fingerprint density at radius 1 is 1.24 bits per heavy atom.